The van der Waals surface area contributed by atoms with E-state index in [-0.39, 0.29) is 23.7 Å². The van der Waals surface area contributed by atoms with Gasteiger partial charge in [-0.25, -0.2) is 4.39 Å². The van der Waals surface area contributed by atoms with Crippen molar-refractivity contribution in [2.45, 2.75) is 6.54 Å². The van der Waals surface area contributed by atoms with E-state index in [4.69, 9.17) is 16.7 Å². The van der Waals surface area contributed by atoms with Crippen LogP contribution in [0.1, 0.15) is 20.1 Å². The standard InChI is InChI=1S/C15H11ClFNO2S/c16-10-3-6-13(14(17)8-10)15(20)18-9-12-5-4-11(21-12)2-1-7-19/h3-6,8,19H,7,9H2,(H,18,20). The van der Waals surface area contributed by atoms with Crippen molar-refractivity contribution < 1.29 is 14.3 Å². The zero-order chi connectivity index (χ0) is 15.2. The van der Waals surface area contributed by atoms with Crippen molar-refractivity contribution >= 4 is 28.8 Å². The number of rotatable bonds is 3. The van der Waals surface area contributed by atoms with Crippen LogP contribution in [0, 0.1) is 17.7 Å². The average molecular weight is 324 g/mol. The molecule has 0 saturated heterocycles. The van der Waals surface area contributed by atoms with E-state index in [0.29, 0.717) is 0 Å². The third kappa shape index (κ3) is 4.30. The van der Waals surface area contributed by atoms with Gasteiger partial charge in [-0.3, -0.25) is 4.79 Å². The zero-order valence-corrected chi connectivity index (χ0v) is 12.4. The molecular weight excluding hydrogens is 313 g/mol. The third-order valence-corrected chi connectivity index (χ3v) is 3.79. The van der Waals surface area contributed by atoms with E-state index in [1.165, 1.54) is 23.5 Å². The van der Waals surface area contributed by atoms with Gasteiger partial charge >= 0.3 is 0 Å². The number of amides is 1. The van der Waals surface area contributed by atoms with Gasteiger partial charge in [0.15, 0.2) is 0 Å². The first-order valence-corrected chi connectivity index (χ1v) is 7.21. The Bertz CT molecular complexity index is 718. The number of halogens is 2. The fourth-order valence-electron chi connectivity index (χ4n) is 1.60. The fourth-order valence-corrected chi connectivity index (χ4v) is 2.58. The maximum absolute atomic E-state index is 13.6. The predicted molar refractivity (Wildman–Crippen MR) is 80.9 cm³/mol. The molecule has 0 unspecified atom stereocenters. The Morgan fingerprint density at radius 3 is 2.90 bits per heavy atom. The number of aliphatic hydroxyl groups is 1. The molecule has 1 heterocycles. The predicted octanol–water partition coefficient (Wildman–Crippen LogP) is 2.81. The molecule has 0 radical (unpaired) electrons. The highest BCUT2D eigenvalue weighted by Crippen LogP contribution is 2.17. The van der Waals surface area contributed by atoms with Gasteiger partial charge in [-0.2, -0.15) is 0 Å². The summed E-state index contributed by atoms with van der Waals surface area (Å²) in [5.74, 6) is 4.18. The van der Waals surface area contributed by atoms with E-state index in [1.807, 2.05) is 6.07 Å². The van der Waals surface area contributed by atoms with Gasteiger partial charge in [0.05, 0.1) is 17.0 Å². The zero-order valence-electron chi connectivity index (χ0n) is 10.8. The molecule has 108 valence electrons. The smallest absolute Gasteiger partial charge is 0.254 e. The van der Waals surface area contributed by atoms with Crippen LogP contribution in [0.3, 0.4) is 0 Å². The Kier molecular flexibility index (Phi) is 5.34. The number of thiophene rings is 1. The molecule has 0 spiro atoms. The van der Waals surface area contributed by atoms with E-state index in [2.05, 4.69) is 17.2 Å². The summed E-state index contributed by atoms with van der Waals surface area (Å²) in [5, 5.41) is 11.5. The van der Waals surface area contributed by atoms with Crippen molar-refractivity contribution in [2.24, 2.45) is 0 Å². The highest BCUT2D eigenvalue weighted by molar-refractivity contribution is 7.12. The topological polar surface area (TPSA) is 49.3 Å². The van der Waals surface area contributed by atoms with Crippen LogP contribution >= 0.6 is 22.9 Å². The second-order valence-electron chi connectivity index (χ2n) is 4.03. The maximum atomic E-state index is 13.6. The number of nitrogens with one attached hydrogen (secondary N) is 1. The molecule has 2 N–H and O–H groups in total. The number of carbonyl (C=O) groups is 1. The van der Waals surface area contributed by atoms with E-state index in [0.717, 1.165) is 15.8 Å². The van der Waals surface area contributed by atoms with Crippen molar-refractivity contribution in [2.75, 3.05) is 6.61 Å². The minimum absolute atomic E-state index is 0.0451. The summed E-state index contributed by atoms with van der Waals surface area (Å²) < 4.78 is 13.6. The molecule has 0 bridgehead atoms. The Balaban J connectivity index is 1.99. The monoisotopic (exact) mass is 323 g/mol. The minimum Gasteiger partial charge on any atom is -0.384 e. The largest absolute Gasteiger partial charge is 0.384 e. The van der Waals surface area contributed by atoms with Gasteiger partial charge < -0.3 is 10.4 Å². The van der Waals surface area contributed by atoms with Crippen LogP contribution in [-0.4, -0.2) is 17.6 Å². The molecule has 0 aliphatic heterocycles. The van der Waals surface area contributed by atoms with E-state index < -0.39 is 11.7 Å². The first-order chi connectivity index (χ1) is 10.1. The van der Waals surface area contributed by atoms with Gasteiger partial charge in [-0.1, -0.05) is 23.4 Å². The quantitative estimate of drug-likeness (QED) is 0.853. The van der Waals surface area contributed by atoms with Crippen LogP contribution in [0.25, 0.3) is 0 Å². The van der Waals surface area contributed by atoms with Crippen molar-refractivity contribution in [3.05, 3.63) is 56.5 Å². The van der Waals surface area contributed by atoms with Gasteiger partial charge in [-0.15, -0.1) is 11.3 Å². The maximum Gasteiger partial charge on any atom is 0.254 e. The number of aliphatic hydroxyl groups excluding tert-OH is 1. The molecule has 0 atom stereocenters. The lowest BCUT2D eigenvalue weighted by atomic mass is 10.2. The molecule has 2 rings (SSSR count). The fraction of sp³-hybridized carbons (Fsp3) is 0.133. The van der Waals surface area contributed by atoms with E-state index >= 15 is 0 Å². The second-order valence-corrected chi connectivity index (χ2v) is 5.64. The molecular formula is C15H11ClFNO2S. The number of carbonyl (C=O) groups excluding carboxylic acids is 1. The van der Waals surface area contributed by atoms with Crippen molar-refractivity contribution in [1.29, 1.82) is 0 Å². The molecule has 1 amide bonds. The molecule has 1 aromatic heterocycles. The van der Waals surface area contributed by atoms with Gasteiger partial charge in [0.25, 0.3) is 5.91 Å². The van der Waals surface area contributed by atoms with E-state index in [9.17, 15) is 9.18 Å². The second kappa shape index (κ2) is 7.23. The van der Waals surface area contributed by atoms with Crippen LogP contribution in [0.15, 0.2) is 30.3 Å². The molecule has 21 heavy (non-hydrogen) atoms. The first-order valence-electron chi connectivity index (χ1n) is 6.02. The summed E-state index contributed by atoms with van der Waals surface area (Å²) in [6, 6.07) is 7.54. The van der Waals surface area contributed by atoms with Crippen molar-refractivity contribution in [3.8, 4) is 11.8 Å². The van der Waals surface area contributed by atoms with Crippen molar-refractivity contribution in [3.63, 3.8) is 0 Å². The Morgan fingerprint density at radius 2 is 2.19 bits per heavy atom. The highest BCUT2D eigenvalue weighted by Gasteiger charge is 2.11. The van der Waals surface area contributed by atoms with Crippen LogP contribution in [0.4, 0.5) is 4.39 Å². The average Bonchev–Trinajstić information content (AvgIpc) is 2.90. The number of benzene rings is 1. The molecule has 3 nitrogen and oxygen atoms in total. The Hall–Kier alpha value is -1.87. The normalized spacial score (nSPS) is 9.86. The van der Waals surface area contributed by atoms with Gasteiger partial charge in [0.2, 0.25) is 0 Å². The third-order valence-electron chi connectivity index (χ3n) is 2.55. The number of hydrogen-bond donors (Lipinski definition) is 2. The summed E-state index contributed by atoms with van der Waals surface area (Å²) in [4.78, 5) is 13.6. The molecule has 0 aliphatic carbocycles. The summed E-state index contributed by atoms with van der Waals surface area (Å²) in [7, 11) is 0. The Labute approximate surface area is 130 Å². The van der Waals surface area contributed by atoms with Crippen LogP contribution in [0.2, 0.25) is 5.02 Å². The lowest BCUT2D eigenvalue weighted by molar-refractivity contribution is 0.0947. The molecule has 6 heteroatoms. The van der Waals surface area contributed by atoms with Gasteiger partial charge in [-0.05, 0) is 30.3 Å². The summed E-state index contributed by atoms with van der Waals surface area (Å²) in [6.07, 6.45) is 0. The molecule has 0 saturated carbocycles. The molecule has 0 aliphatic rings. The molecule has 1 aromatic carbocycles. The lowest BCUT2D eigenvalue weighted by Crippen LogP contribution is -2.23. The van der Waals surface area contributed by atoms with Gasteiger partial charge in [0, 0.05) is 9.90 Å². The molecule has 0 fully saturated rings. The summed E-state index contributed by atoms with van der Waals surface area (Å²) in [5.41, 5.74) is -0.0451. The summed E-state index contributed by atoms with van der Waals surface area (Å²) in [6.45, 7) is 0.0895. The van der Waals surface area contributed by atoms with Crippen LogP contribution < -0.4 is 5.32 Å². The highest BCUT2D eigenvalue weighted by atomic mass is 35.5. The summed E-state index contributed by atoms with van der Waals surface area (Å²) >= 11 is 7.04. The SMILES string of the molecule is O=C(NCc1ccc(C#CCO)s1)c1ccc(Cl)cc1F. The van der Waals surface area contributed by atoms with Crippen LogP contribution in [0.5, 0.6) is 0 Å². The number of hydrogen-bond acceptors (Lipinski definition) is 3. The molecule has 2 aromatic rings. The first kappa shape index (κ1) is 15.5. The van der Waals surface area contributed by atoms with Crippen molar-refractivity contribution in [1.82, 2.24) is 5.32 Å². The van der Waals surface area contributed by atoms with Crippen LogP contribution in [-0.2, 0) is 6.54 Å². The van der Waals surface area contributed by atoms with E-state index in [1.54, 1.807) is 6.07 Å². The Morgan fingerprint density at radius 1 is 1.38 bits per heavy atom. The van der Waals surface area contributed by atoms with Gasteiger partial charge in [0.1, 0.15) is 12.4 Å². The lowest BCUT2D eigenvalue weighted by Gasteiger charge is -2.05. The minimum atomic E-state index is -0.652.